The van der Waals surface area contributed by atoms with Crippen LogP contribution in [0, 0.1) is 0 Å². The number of hydrogen-bond donors (Lipinski definition) is 2. The molecule has 0 spiro atoms. The quantitative estimate of drug-likeness (QED) is 0.700. The zero-order chi connectivity index (χ0) is 12.4. The first kappa shape index (κ1) is 11.1. The van der Waals surface area contributed by atoms with Gasteiger partial charge in [0.2, 0.25) is 0 Å². The maximum Gasteiger partial charge on any atom is 0.131 e. The molecule has 0 aliphatic heterocycles. The lowest BCUT2D eigenvalue weighted by Gasteiger charge is -2.05. The highest BCUT2D eigenvalue weighted by atomic mass is 35.5. The van der Waals surface area contributed by atoms with E-state index in [0.717, 1.165) is 17.7 Å². The number of nitrogens with one attached hydrogen (secondary N) is 2. The van der Waals surface area contributed by atoms with Gasteiger partial charge in [-0.15, -0.1) is 0 Å². The molecule has 0 saturated heterocycles. The van der Waals surface area contributed by atoms with E-state index in [9.17, 15) is 0 Å². The van der Waals surface area contributed by atoms with Gasteiger partial charge in [-0.25, -0.2) is 4.98 Å². The third-order valence-corrected chi connectivity index (χ3v) is 3.09. The molecule has 1 aromatic carbocycles. The van der Waals surface area contributed by atoms with Gasteiger partial charge >= 0.3 is 0 Å². The van der Waals surface area contributed by atoms with Crippen molar-refractivity contribution in [3.63, 3.8) is 0 Å². The van der Waals surface area contributed by atoms with Crippen LogP contribution in [0.25, 0.3) is 10.9 Å². The standard InChI is InChI=1S/C14H12ClN3/c15-14-7-11(5-6-16-14)17-8-10-9-18-13-4-2-1-3-12(10)13/h1-7,9,18H,8H2,(H,16,17). The minimum Gasteiger partial charge on any atom is -0.381 e. The number of H-pyrrole nitrogens is 1. The van der Waals surface area contributed by atoms with Gasteiger partial charge in [0.25, 0.3) is 0 Å². The van der Waals surface area contributed by atoms with E-state index in [4.69, 9.17) is 11.6 Å². The predicted molar refractivity (Wildman–Crippen MR) is 74.9 cm³/mol. The Morgan fingerprint density at radius 3 is 3.00 bits per heavy atom. The van der Waals surface area contributed by atoms with E-state index in [2.05, 4.69) is 27.4 Å². The molecule has 90 valence electrons. The fourth-order valence-corrected chi connectivity index (χ4v) is 2.16. The molecule has 2 aromatic heterocycles. The van der Waals surface area contributed by atoms with Gasteiger partial charge in [0.05, 0.1) is 0 Å². The van der Waals surface area contributed by atoms with Gasteiger partial charge in [-0.05, 0) is 23.8 Å². The van der Waals surface area contributed by atoms with Crippen LogP contribution in [0.1, 0.15) is 5.56 Å². The lowest BCUT2D eigenvalue weighted by Crippen LogP contribution is -1.98. The highest BCUT2D eigenvalue weighted by Gasteiger charge is 2.02. The number of pyridine rings is 1. The monoisotopic (exact) mass is 257 g/mol. The van der Waals surface area contributed by atoms with Gasteiger partial charge in [-0.1, -0.05) is 29.8 Å². The van der Waals surface area contributed by atoms with Crippen molar-refractivity contribution in [2.24, 2.45) is 0 Å². The molecule has 3 rings (SSSR count). The number of benzene rings is 1. The Hall–Kier alpha value is -2.00. The molecule has 0 saturated carbocycles. The fourth-order valence-electron chi connectivity index (χ4n) is 1.99. The second-order valence-corrected chi connectivity index (χ2v) is 4.47. The Bertz CT molecular complexity index is 675. The summed E-state index contributed by atoms with van der Waals surface area (Å²) in [6, 6.07) is 12.0. The molecule has 0 radical (unpaired) electrons. The molecule has 0 amide bonds. The smallest absolute Gasteiger partial charge is 0.131 e. The normalized spacial score (nSPS) is 10.7. The van der Waals surface area contributed by atoms with Gasteiger partial charge in [0, 0.05) is 35.5 Å². The lowest BCUT2D eigenvalue weighted by molar-refractivity contribution is 1.15. The third-order valence-electron chi connectivity index (χ3n) is 2.88. The van der Waals surface area contributed by atoms with Crippen LogP contribution >= 0.6 is 11.6 Å². The Labute approximate surface area is 110 Å². The molecule has 0 aliphatic carbocycles. The van der Waals surface area contributed by atoms with Crippen molar-refractivity contribution in [1.82, 2.24) is 9.97 Å². The van der Waals surface area contributed by atoms with Crippen molar-refractivity contribution in [2.45, 2.75) is 6.54 Å². The van der Waals surface area contributed by atoms with E-state index in [1.165, 1.54) is 10.9 Å². The minimum absolute atomic E-state index is 0.499. The number of aromatic nitrogens is 2. The van der Waals surface area contributed by atoms with E-state index in [-0.39, 0.29) is 0 Å². The Morgan fingerprint density at radius 1 is 1.22 bits per heavy atom. The van der Waals surface area contributed by atoms with Gasteiger partial charge in [0.1, 0.15) is 5.15 Å². The van der Waals surface area contributed by atoms with Crippen LogP contribution in [0.3, 0.4) is 0 Å². The molecule has 4 heteroatoms. The van der Waals surface area contributed by atoms with E-state index in [1.807, 2.05) is 30.5 Å². The maximum absolute atomic E-state index is 5.84. The van der Waals surface area contributed by atoms with Crippen LogP contribution in [0.4, 0.5) is 5.69 Å². The first-order valence-corrected chi connectivity index (χ1v) is 6.11. The summed E-state index contributed by atoms with van der Waals surface area (Å²) in [5, 5.41) is 5.08. The average Bonchev–Trinajstić information content (AvgIpc) is 2.80. The number of aromatic amines is 1. The molecular weight excluding hydrogens is 246 g/mol. The zero-order valence-corrected chi connectivity index (χ0v) is 10.4. The van der Waals surface area contributed by atoms with Gasteiger partial charge in [0.15, 0.2) is 0 Å². The number of rotatable bonds is 3. The van der Waals surface area contributed by atoms with Crippen molar-refractivity contribution in [3.05, 3.63) is 59.5 Å². The topological polar surface area (TPSA) is 40.7 Å². The van der Waals surface area contributed by atoms with E-state index in [1.54, 1.807) is 6.20 Å². The predicted octanol–water partition coefficient (Wildman–Crippen LogP) is 3.83. The number of halogens is 1. The van der Waals surface area contributed by atoms with Crippen molar-refractivity contribution in [2.75, 3.05) is 5.32 Å². The Balaban J connectivity index is 1.81. The largest absolute Gasteiger partial charge is 0.381 e. The summed E-state index contributed by atoms with van der Waals surface area (Å²) in [4.78, 5) is 7.21. The summed E-state index contributed by atoms with van der Waals surface area (Å²) in [6.07, 6.45) is 3.72. The Morgan fingerprint density at radius 2 is 2.11 bits per heavy atom. The summed E-state index contributed by atoms with van der Waals surface area (Å²) in [5.41, 5.74) is 3.36. The van der Waals surface area contributed by atoms with E-state index >= 15 is 0 Å². The number of fused-ring (bicyclic) bond motifs is 1. The second-order valence-electron chi connectivity index (χ2n) is 4.08. The molecule has 0 bridgehead atoms. The molecule has 0 fully saturated rings. The second kappa shape index (κ2) is 4.70. The van der Waals surface area contributed by atoms with Crippen molar-refractivity contribution in [1.29, 1.82) is 0 Å². The summed E-state index contributed by atoms with van der Waals surface area (Å²) < 4.78 is 0. The van der Waals surface area contributed by atoms with Crippen molar-refractivity contribution in [3.8, 4) is 0 Å². The zero-order valence-electron chi connectivity index (χ0n) is 9.65. The van der Waals surface area contributed by atoms with Crippen molar-refractivity contribution >= 4 is 28.2 Å². The molecule has 0 aliphatic rings. The van der Waals surface area contributed by atoms with Crippen LogP contribution in [-0.4, -0.2) is 9.97 Å². The number of anilines is 1. The minimum atomic E-state index is 0.499. The maximum atomic E-state index is 5.84. The number of nitrogens with zero attached hydrogens (tertiary/aromatic N) is 1. The van der Waals surface area contributed by atoms with Crippen LogP contribution in [0.15, 0.2) is 48.8 Å². The highest BCUT2D eigenvalue weighted by Crippen LogP contribution is 2.19. The molecular formula is C14H12ClN3. The molecule has 3 aromatic rings. The van der Waals surface area contributed by atoms with Crippen LogP contribution in [0.5, 0.6) is 0 Å². The van der Waals surface area contributed by atoms with E-state index in [0.29, 0.717) is 5.15 Å². The van der Waals surface area contributed by atoms with Crippen LogP contribution < -0.4 is 5.32 Å². The van der Waals surface area contributed by atoms with Crippen LogP contribution in [-0.2, 0) is 6.54 Å². The Kier molecular flexibility index (Phi) is 2.90. The SMILES string of the molecule is Clc1cc(NCc2c[nH]c3ccccc23)ccn1. The van der Waals surface area contributed by atoms with E-state index < -0.39 is 0 Å². The molecule has 18 heavy (non-hydrogen) atoms. The fraction of sp³-hybridized carbons (Fsp3) is 0.0714. The molecule has 0 unspecified atom stereocenters. The summed E-state index contributed by atoms with van der Waals surface area (Å²) in [6.45, 7) is 0.754. The summed E-state index contributed by atoms with van der Waals surface area (Å²) >= 11 is 5.84. The highest BCUT2D eigenvalue weighted by molar-refractivity contribution is 6.29. The number of para-hydroxylation sites is 1. The van der Waals surface area contributed by atoms with Gasteiger partial charge < -0.3 is 10.3 Å². The summed E-state index contributed by atoms with van der Waals surface area (Å²) in [7, 11) is 0. The molecule has 2 N–H and O–H groups in total. The first-order valence-electron chi connectivity index (χ1n) is 5.73. The first-order chi connectivity index (χ1) is 8.83. The molecule has 3 nitrogen and oxygen atoms in total. The molecule has 2 heterocycles. The van der Waals surface area contributed by atoms with Gasteiger partial charge in [-0.3, -0.25) is 0 Å². The lowest BCUT2D eigenvalue weighted by atomic mass is 10.2. The van der Waals surface area contributed by atoms with Gasteiger partial charge in [-0.2, -0.15) is 0 Å². The number of hydrogen-bond acceptors (Lipinski definition) is 2. The average molecular weight is 258 g/mol. The molecule has 0 atom stereocenters. The summed E-state index contributed by atoms with van der Waals surface area (Å²) in [5.74, 6) is 0. The van der Waals surface area contributed by atoms with Crippen molar-refractivity contribution < 1.29 is 0 Å². The van der Waals surface area contributed by atoms with Crippen LogP contribution in [0.2, 0.25) is 5.15 Å². The third kappa shape index (κ3) is 2.17.